The quantitative estimate of drug-likeness (QED) is 0.860. The summed E-state index contributed by atoms with van der Waals surface area (Å²) in [6.45, 7) is 0. The highest BCUT2D eigenvalue weighted by Gasteiger charge is 2.41. The van der Waals surface area contributed by atoms with E-state index in [1.54, 1.807) is 0 Å². The lowest BCUT2D eigenvalue weighted by Gasteiger charge is -2.14. The lowest BCUT2D eigenvalue weighted by Crippen LogP contribution is -2.12. The van der Waals surface area contributed by atoms with Crippen LogP contribution < -0.4 is 4.74 Å². The SMILES string of the molecule is COc1c(CC2(O)CC2)cc(Cl)c(O)c1F. The van der Waals surface area contributed by atoms with Crippen molar-refractivity contribution < 1.29 is 19.3 Å². The molecule has 1 aromatic carbocycles. The number of aromatic hydroxyl groups is 1. The second-order valence-corrected chi connectivity index (χ2v) is 4.52. The lowest BCUT2D eigenvalue weighted by atomic mass is 10.0. The molecule has 0 radical (unpaired) electrons. The fraction of sp³-hybridized carbons (Fsp3) is 0.455. The van der Waals surface area contributed by atoms with Gasteiger partial charge in [0.05, 0.1) is 17.7 Å². The molecule has 5 heteroatoms. The topological polar surface area (TPSA) is 49.7 Å². The number of phenolic OH excluding ortho intramolecular Hbond substituents is 1. The zero-order chi connectivity index (χ0) is 11.9. The lowest BCUT2D eigenvalue weighted by molar-refractivity contribution is 0.149. The third-order valence-corrected chi connectivity index (χ3v) is 3.06. The van der Waals surface area contributed by atoms with Crippen molar-refractivity contribution in [1.29, 1.82) is 0 Å². The molecule has 0 saturated heterocycles. The molecule has 1 aliphatic rings. The Kier molecular flexibility index (Phi) is 2.72. The van der Waals surface area contributed by atoms with Gasteiger partial charge in [-0.15, -0.1) is 0 Å². The predicted octanol–water partition coefficient (Wildman–Crippen LogP) is 2.26. The number of aliphatic hydroxyl groups is 1. The molecule has 1 saturated carbocycles. The molecule has 0 aliphatic heterocycles. The molecule has 0 atom stereocenters. The first-order valence-electron chi connectivity index (χ1n) is 4.93. The zero-order valence-electron chi connectivity index (χ0n) is 8.76. The highest BCUT2D eigenvalue weighted by atomic mass is 35.5. The van der Waals surface area contributed by atoms with Crippen LogP contribution in [0.1, 0.15) is 18.4 Å². The van der Waals surface area contributed by atoms with Gasteiger partial charge in [-0.05, 0) is 18.9 Å². The second-order valence-electron chi connectivity index (χ2n) is 4.11. The minimum atomic E-state index is -0.880. The Morgan fingerprint density at radius 1 is 1.56 bits per heavy atom. The van der Waals surface area contributed by atoms with E-state index in [0.29, 0.717) is 18.4 Å². The molecule has 0 spiro atoms. The van der Waals surface area contributed by atoms with Gasteiger partial charge in [0.15, 0.2) is 11.5 Å². The summed E-state index contributed by atoms with van der Waals surface area (Å²) in [5.74, 6) is -1.55. The van der Waals surface area contributed by atoms with E-state index in [-0.39, 0.29) is 17.2 Å². The van der Waals surface area contributed by atoms with Crippen LogP contribution in [0, 0.1) is 5.82 Å². The average Bonchev–Trinajstić information content (AvgIpc) is 2.93. The molecule has 0 amide bonds. The number of halogens is 2. The van der Waals surface area contributed by atoms with Crippen molar-refractivity contribution in [3.05, 3.63) is 22.5 Å². The third kappa shape index (κ3) is 1.95. The molecule has 2 rings (SSSR count). The second kappa shape index (κ2) is 3.79. The maximum atomic E-state index is 13.6. The number of hydrogen-bond acceptors (Lipinski definition) is 3. The van der Waals surface area contributed by atoms with Crippen LogP contribution in [0.15, 0.2) is 6.07 Å². The summed E-state index contributed by atoms with van der Waals surface area (Å²) >= 11 is 5.67. The maximum absolute atomic E-state index is 13.6. The molecule has 0 unspecified atom stereocenters. The fourth-order valence-electron chi connectivity index (χ4n) is 1.67. The molecule has 88 valence electrons. The third-order valence-electron chi connectivity index (χ3n) is 2.78. The van der Waals surface area contributed by atoms with Gasteiger partial charge in [0.1, 0.15) is 0 Å². The van der Waals surface area contributed by atoms with E-state index in [4.69, 9.17) is 16.3 Å². The number of hydrogen-bond donors (Lipinski definition) is 2. The normalized spacial score (nSPS) is 17.2. The highest BCUT2D eigenvalue weighted by molar-refractivity contribution is 6.32. The molecule has 1 fully saturated rings. The van der Waals surface area contributed by atoms with Crippen LogP contribution in [0.2, 0.25) is 5.02 Å². The number of benzene rings is 1. The molecule has 1 aliphatic carbocycles. The number of methoxy groups -OCH3 is 1. The maximum Gasteiger partial charge on any atom is 0.208 e. The van der Waals surface area contributed by atoms with Gasteiger partial charge in [-0.1, -0.05) is 11.6 Å². The summed E-state index contributed by atoms with van der Waals surface area (Å²) in [4.78, 5) is 0. The Morgan fingerprint density at radius 3 is 2.69 bits per heavy atom. The Labute approximate surface area is 97.4 Å². The van der Waals surface area contributed by atoms with Crippen LogP contribution in [0.5, 0.6) is 11.5 Å². The molecule has 3 nitrogen and oxygen atoms in total. The van der Waals surface area contributed by atoms with Crippen molar-refractivity contribution in [2.45, 2.75) is 24.9 Å². The first-order valence-corrected chi connectivity index (χ1v) is 5.31. The Balaban J connectivity index is 2.43. The Hall–Kier alpha value is -1.00. The van der Waals surface area contributed by atoms with E-state index in [0.717, 1.165) is 0 Å². The molecule has 1 aromatic rings. The predicted molar refractivity (Wildman–Crippen MR) is 57.5 cm³/mol. The van der Waals surface area contributed by atoms with Crippen LogP contribution in [0.4, 0.5) is 4.39 Å². The summed E-state index contributed by atoms with van der Waals surface area (Å²) in [5.41, 5.74) is -0.289. The molecule has 0 bridgehead atoms. The molecule has 0 heterocycles. The van der Waals surface area contributed by atoms with Gasteiger partial charge in [-0.2, -0.15) is 4.39 Å². The van der Waals surface area contributed by atoms with Gasteiger partial charge in [-0.25, -0.2) is 0 Å². The van der Waals surface area contributed by atoms with Crippen molar-refractivity contribution in [2.24, 2.45) is 0 Å². The highest BCUT2D eigenvalue weighted by Crippen LogP contribution is 2.43. The standard InChI is InChI=1S/C11H12ClFO3/c1-16-10-6(5-11(15)2-3-11)4-7(12)9(14)8(10)13/h4,14-15H,2-3,5H2,1H3. The van der Waals surface area contributed by atoms with E-state index >= 15 is 0 Å². The molecule has 0 aromatic heterocycles. The largest absolute Gasteiger partial charge is 0.504 e. The Morgan fingerprint density at radius 2 is 2.19 bits per heavy atom. The van der Waals surface area contributed by atoms with Crippen molar-refractivity contribution in [3.63, 3.8) is 0 Å². The molecular formula is C11H12ClFO3. The monoisotopic (exact) mass is 246 g/mol. The molecule has 2 N–H and O–H groups in total. The van der Waals surface area contributed by atoms with Crippen molar-refractivity contribution in [1.82, 2.24) is 0 Å². The van der Waals surface area contributed by atoms with Gasteiger partial charge < -0.3 is 14.9 Å². The van der Waals surface area contributed by atoms with E-state index in [1.165, 1.54) is 13.2 Å². The van der Waals surface area contributed by atoms with Gasteiger partial charge in [0.2, 0.25) is 5.82 Å². The van der Waals surface area contributed by atoms with E-state index in [2.05, 4.69) is 0 Å². The summed E-state index contributed by atoms with van der Waals surface area (Å²) in [7, 11) is 1.31. The summed E-state index contributed by atoms with van der Waals surface area (Å²) in [6, 6.07) is 1.43. The minimum Gasteiger partial charge on any atom is -0.504 e. The zero-order valence-corrected chi connectivity index (χ0v) is 9.51. The number of phenols is 1. The smallest absolute Gasteiger partial charge is 0.208 e. The van der Waals surface area contributed by atoms with E-state index in [1.807, 2.05) is 0 Å². The van der Waals surface area contributed by atoms with Gasteiger partial charge >= 0.3 is 0 Å². The number of ether oxygens (including phenoxy) is 1. The van der Waals surface area contributed by atoms with Crippen LogP contribution in [-0.4, -0.2) is 22.9 Å². The molecule has 16 heavy (non-hydrogen) atoms. The van der Waals surface area contributed by atoms with Crippen LogP contribution in [0.3, 0.4) is 0 Å². The summed E-state index contributed by atoms with van der Waals surface area (Å²) < 4.78 is 18.5. The molecular weight excluding hydrogens is 235 g/mol. The minimum absolute atomic E-state index is 0.0535. The van der Waals surface area contributed by atoms with Crippen molar-refractivity contribution in [3.8, 4) is 11.5 Å². The van der Waals surface area contributed by atoms with Crippen LogP contribution in [0.25, 0.3) is 0 Å². The van der Waals surface area contributed by atoms with Crippen LogP contribution in [-0.2, 0) is 6.42 Å². The number of rotatable bonds is 3. The van der Waals surface area contributed by atoms with E-state index < -0.39 is 17.2 Å². The first kappa shape index (κ1) is 11.5. The average molecular weight is 247 g/mol. The first-order chi connectivity index (χ1) is 7.47. The van der Waals surface area contributed by atoms with Gasteiger partial charge in [0.25, 0.3) is 0 Å². The van der Waals surface area contributed by atoms with Crippen LogP contribution >= 0.6 is 11.6 Å². The Bertz CT molecular complexity index is 430. The van der Waals surface area contributed by atoms with Gasteiger partial charge in [0, 0.05) is 12.0 Å². The summed E-state index contributed by atoms with van der Waals surface area (Å²) in [6.07, 6.45) is 1.67. The van der Waals surface area contributed by atoms with Crippen molar-refractivity contribution >= 4 is 11.6 Å². The van der Waals surface area contributed by atoms with Gasteiger partial charge in [-0.3, -0.25) is 0 Å². The fourth-order valence-corrected chi connectivity index (χ4v) is 1.88. The van der Waals surface area contributed by atoms with Crippen molar-refractivity contribution in [2.75, 3.05) is 7.11 Å². The van der Waals surface area contributed by atoms with E-state index in [9.17, 15) is 14.6 Å². The summed E-state index contributed by atoms with van der Waals surface area (Å²) in [5, 5.41) is 19.0.